The van der Waals surface area contributed by atoms with Crippen LogP contribution >= 0.6 is 11.3 Å². The Bertz CT molecular complexity index is 892. The lowest BCUT2D eigenvalue weighted by Gasteiger charge is -2.09. The number of rotatable bonds is 3. The molecule has 112 valence electrons. The van der Waals surface area contributed by atoms with E-state index in [0.717, 1.165) is 21.3 Å². The maximum absolute atomic E-state index is 13.9. The molecule has 22 heavy (non-hydrogen) atoms. The van der Waals surface area contributed by atoms with Crippen molar-refractivity contribution in [2.75, 3.05) is 0 Å². The van der Waals surface area contributed by atoms with Crippen LogP contribution in [0.4, 0.5) is 10.1 Å². The molecule has 1 aromatic heterocycles. The van der Waals surface area contributed by atoms with Crippen molar-refractivity contribution in [3.05, 3.63) is 56.8 Å². The van der Waals surface area contributed by atoms with Crippen LogP contribution < -0.4 is 4.74 Å². The third kappa shape index (κ3) is 2.50. The summed E-state index contributed by atoms with van der Waals surface area (Å²) in [7, 11) is 0. The monoisotopic (exact) mass is 318 g/mol. The van der Waals surface area contributed by atoms with Gasteiger partial charge in [-0.25, -0.2) is 4.98 Å². The highest BCUT2D eigenvalue weighted by Gasteiger charge is 2.19. The van der Waals surface area contributed by atoms with Gasteiger partial charge in [0.15, 0.2) is 0 Å². The predicted octanol–water partition coefficient (Wildman–Crippen LogP) is 4.75. The van der Waals surface area contributed by atoms with Gasteiger partial charge in [0.05, 0.1) is 20.1 Å². The molecule has 0 atom stereocenters. The van der Waals surface area contributed by atoms with Gasteiger partial charge in [0.2, 0.25) is 5.82 Å². The lowest BCUT2D eigenvalue weighted by Crippen LogP contribution is -1.97. The summed E-state index contributed by atoms with van der Waals surface area (Å²) in [4.78, 5) is 14.3. The normalized spacial score (nSPS) is 10.9. The molecular weight excluding hydrogens is 307 g/mol. The van der Waals surface area contributed by atoms with Gasteiger partial charge in [-0.15, -0.1) is 11.3 Å². The second kappa shape index (κ2) is 5.34. The summed E-state index contributed by atoms with van der Waals surface area (Å²) in [6, 6.07) is 7.90. The van der Waals surface area contributed by atoms with Crippen LogP contribution in [-0.4, -0.2) is 9.91 Å². The number of benzene rings is 2. The molecule has 0 aliphatic heterocycles. The number of aryl methyl sites for hydroxylation is 1. The molecule has 0 fully saturated rings. The van der Waals surface area contributed by atoms with Crippen LogP contribution in [-0.2, 0) is 0 Å². The molecule has 0 unspecified atom stereocenters. The van der Waals surface area contributed by atoms with E-state index in [-0.39, 0.29) is 11.3 Å². The second-order valence-corrected chi connectivity index (χ2v) is 5.98. The van der Waals surface area contributed by atoms with Gasteiger partial charge in [-0.1, -0.05) is 0 Å². The third-order valence-electron chi connectivity index (χ3n) is 3.21. The summed E-state index contributed by atoms with van der Waals surface area (Å²) in [5, 5.41) is 11.7. The molecule has 5 nitrogen and oxygen atoms in total. The summed E-state index contributed by atoms with van der Waals surface area (Å²) >= 11 is 1.58. The molecule has 0 radical (unpaired) electrons. The smallest absolute Gasteiger partial charge is 0.305 e. The Balaban J connectivity index is 1.97. The van der Waals surface area contributed by atoms with E-state index in [0.29, 0.717) is 5.75 Å². The van der Waals surface area contributed by atoms with Crippen LogP contribution in [0.15, 0.2) is 30.3 Å². The maximum atomic E-state index is 13.9. The summed E-state index contributed by atoms with van der Waals surface area (Å²) in [6.07, 6.45) is 0. The first kappa shape index (κ1) is 14.4. The SMILES string of the molecule is Cc1nc2cc(Oc3ccc([N+](=O)[O-])c(F)c3C)ccc2s1. The standard InChI is InChI=1S/C15H11FN2O3S/c1-8-13(5-4-12(15(8)16)18(19)20)21-10-3-6-14-11(7-10)17-9(2)22-14/h3-7H,1-2H3. The highest BCUT2D eigenvalue weighted by Crippen LogP contribution is 2.33. The Kier molecular flexibility index (Phi) is 3.50. The second-order valence-electron chi connectivity index (χ2n) is 4.74. The van der Waals surface area contributed by atoms with E-state index in [1.165, 1.54) is 13.0 Å². The lowest BCUT2D eigenvalue weighted by molar-refractivity contribution is -0.387. The summed E-state index contributed by atoms with van der Waals surface area (Å²) < 4.78 is 20.6. The molecular formula is C15H11FN2O3S. The molecule has 1 heterocycles. The van der Waals surface area contributed by atoms with Crippen molar-refractivity contribution < 1.29 is 14.1 Å². The number of thiazole rings is 1. The zero-order chi connectivity index (χ0) is 15.9. The molecule has 3 rings (SSSR count). The van der Waals surface area contributed by atoms with Gasteiger partial charge in [-0.3, -0.25) is 10.1 Å². The van der Waals surface area contributed by atoms with E-state index in [9.17, 15) is 14.5 Å². The number of aromatic nitrogens is 1. The zero-order valence-electron chi connectivity index (χ0n) is 11.8. The van der Waals surface area contributed by atoms with Crippen molar-refractivity contribution >= 4 is 27.2 Å². The number of nitrogens with zero attached hydrogens (tertiary/aromatic N) is 2. The van der Waals surface area contributed by atoms with Gasteiger partial charge >= 0.3 is 5.69 Å². The van der Waals surface area contributed by atoms with Crippen molar-refractivity contribution in [3.63, 3.8) is 0 Å². The lowest BCUT2D eigenvalue weighted by atomic mass is 10.2. The van der Waals surface area contributed by atoms with Crippen LogP contribution in [0, 0.1) is 29.8 Å². The van der Waals surface area contributed by atoms with Crippen molar-refractivity contribution in [1.82, 2.24) is 4.98 Å². The third-order valence-corrected chi connectivity index (χ3v) is 4.16. The van der Waals surface area contributed by atoms with Crippen LogP contribution in [0.3, 0.4) is 0 Å². The Morgan fingerprint density at radius 1 is 1.27 bits per heavy atom. The topological polar surface area (TPSA) is 65.3 Å². The molecule has 2 aromatic carbocycles. The average Bonchev–Trinajstić information content (AvgIpc) is 2.83. The Morgan fingerprint density at radius 3 is 2.77 bits per heavy atom. The van der Waals surface area contributed by atoms with Crippen molar-refractivity contribution in [3.8, 4) is 11.5 Å². The number of nitro groups is 1. The fourth-order valence-corrected chi connectivity index (χ4v) is 2.93. The first-order chi connectivity index (χ1) is 10.5. The van der Waals surface area contributed by atoms with E-state index in [2.05, 4.69) is 4.98 Å². The van der Waals surface area contributed by atoms with E-state index in [1.54, 1.807) is 23.5 Å². The fourth-order valence-electron chi connectivity index (χ4n) is 2.12. The van der Waals surface area contributed by atoms with Gasteiger partial charge in [0.1, 0.15) is 11.5 Å². The minimum Gasteiger partial charge on any atom is -0.457 e. The molecule has 0 saturated carbocycles. The van der Waals surface area contributed by atoms with E-state index in [4.69, 9.17) is 4.74 Å². The van der Waals surface area contributed by atoms with Crippen LogP contribution in [0.25, 0.3) is 10.2 Å². The molecule has 0 spiro atoms. The maximum Gasteiger partial charge on any atom is 0.305 e. The fraction of sp³-hybridized carbons (Fsp3) is 0.133. The number of hydrogen-bond donors (Lipinski definition) is 0. The number of ether oxygens (including phenoxy) is 1. The Labute approximate surface area is 129 Å². The van der Waals surface area contributed by atoms with E-state index < -0.39 is 16.4 Å². The van der Waals surface area contributed by atoms with Crippen molar-refractivity contribution in [1.29, 1.82) is 0 Å². The number of hydrogen-bond acceptors (Lipinski definition) is 5. The van der Waals surface area contributed by atoms with Crippen molar-refractivity contribution in [2.24, 2.45) is 0 Å². The minimum atomic E-state index is -0.881. The number of nitro benzene ring substituents is 1. The van der Waals surface area contributed by atoms with Gasteiger partial charge in [0, 0.05) is 17.7 Å². The molecule has 0 amide bonds. The first-order valence-corrected chi connectivity index (χ1v) is 7.26. The largest absolute Gasteiger partial charge is 0.457 e. The molecule has 0 aliphatic rings. The van der Waals surface area contributed by atoms with Crippen LogP contribution in [0.1, 0.15) is 10.6 Å². The molecule has 0 saturated heterocycles. The zero-order valence-corrected chi connectivity index (χ0v) is 12.6. The number of fused-ring (bicyclic) bond motifs is 1. The summed E-state index contributed by atoms with van der Waals surface area (Å²) in [5.41, 5.74) is 0.347. The molecule has 0 N–H and O–H groups in total. The number of halogens is 1. The molecule has 0 aliphatic carbocycles. The van der Waals surface area contributed by atoms with Gasteiger partial charge in [-0.05, 0) is 32.0 Å². The van der Waals surface area contributed by atoms with Crippen LogP contribution in [0.5, 0.6) is 11.5 Å². The Morgan fingerprint density at radius 2 is 2.05 bits per heavy atom. The molecule has 0 bridgehead atoms. The van der Waals surface area contributed by atoms with Gasteiger partial charge in [-0.2, -0.15) is 4.39 Å². The van der Waals surface area contributed by atoms with Gasteiger partial charge < -0.3 is 4.74 Å². The highest BCUT2D eigenvalue weighted by molar-refractivity contribution is 7.18. The molecule has 3 aromatic rings. The Hall–Kier alpha value is -2.54. The van der Waals surface area contributed by atoms with E-state index >= 15 is 0 Å². The minimum absolute atomic E-state index is 0.101. The highest BCUT2D eigenvalue weighted by atomic mass is 32.1. The van der Waals surface area contributed by atoms with E-state index in [1.807, 2.05) is 13.0 Å². The van der Waals surface area contributed by atoms with Crippen LogP contribution in [0.2, 0.25) is 0 Å². The summed E-state index contributed by atoms with van der Waals surface area (Å²) in [6.45, 7) is 3.37. The van der Waals surface area contributed by atoms with Gasteiger partial charge in [0.25, 0.3) is 0 Å². The quantitative estimate of drug-likeness (QED) is 0.516. The average molecular weight is 318 g/mol. The summed E-state index contributed by atoms with van der Waals surface area (Å²) in [5.74, 6) is -0.128. The first-order valence-electron chi connectivity index (χ1n) is 6.44. The molecule has 7 heteroatoms. The van der Waals surface area contributed by atoms with Crippen molar-refractivity contribution in [2.45, 2.75) is 13.8 Å². The predicted molar refractivity (Wildman–Crippen MR) is 82.2 cm³/mol.